The zero-order chi connectivity index (χ0) is 11.0. The van der Waals surface area contributed by atoms with E-state index in [1.165, 1.54) is 12.3 Å². The van der Waals surface area contributed by atoms with E-state index in [1.807, 2.05) is 0 Å². The van der Waals surface area contributed by atoms with Gasteiger partial charge in [0.15, 0.2) is 0 Å². The summed E-state index contributed by atoms with van der Waals surface area (Å²) in [5, 5.41) is 21.6. The lowest BCUT2D eigenvalue weighted by Crippen LogP contribution is -1.93. The molecule has 1 aromatic carbocycles. The molecule has 0 atom stereocenters. The van der Waals surface area contributed by atoms with Gasteiger partial charge >= 0.3 is 0 Å². The van der Waals surface area contributed by atoms with E-state index in [1.54, 1.807) is 6.07 Å². The quantitative estimate of drug-likeness (QED) is 0.600. The van der Waals surface area contributed by atoms with Crippen molar-refractivity contribution in [2.24, 2.45) is 0 Å². The Labute approximate surface area is 82.6 Å². The third-order valence-electron chi connectivity index (χ3n) is 2.03. The van der Waals surface area contributed by atoms with Gasteiger partial charge < -0.3 is 4.98 Å². The average Bonchev–Trinajstić information content (AvgIpc) is 2.62. The minimum Gasteiger partial charge on any atom is -0.356 e. The van der Waals surface area contributed by atoms with Crippen molar-refractivity contribution in [3.05, 3.63) is 44.6 Å². The normalized spacial score (nSPS) is 10.4. The number of fused-ring (bicyclic) bond motifs is 1. The molecule has 0 spiro atoms. The first-order valence-corrected chi connectivity index (χ1v) is 3.99. The summed E-state index contributed by atoms with van der Waals surface area (Å²) < 4.78 is 0. The van der Waals surface area contributed by atoms with Crippen LogP contribution in [0.5, 0.6) is 0 Å². The topological polar surface area (TPSA) is 102 Å². The summed E-state index contributed by atoms with van der Waals surface area (Å²) >= 11 is 0. The lowest BCUT2D eigenvalue weighted by Gasteiger charge is -1.95. The van der Waals surface area contributed by atoms with Crippen molar-refractivity contribution in [2.45, 2.75) is 0 Å². The van der Waals surface area contributed by atoms with Crippen molar-refractivity contribution >= 4 is 22.3 Å². The first-order chi connectivity index (χ1) is 7.09. The summed E-state index contributed by atoms with van der Waals surface area (Å²) in [5.41, 5.74) is -0.274. The minimum absolute atomic E-state index is 0.284. The number of nitro benzene ring substituents is 2. The van der Waals surface area contributed by atoms with Crippen LogP contribution in [0.25, 0.3) is 10.9 Å². The molecule has 0 radical (unpaired) electrons. The highest BCUT2D eigenvalue weighted by Crippen LogP contribution is 2.29. The van der Waals surface area contributed by atoms with Crippen molar-refractivity contribution in [2.75, 3.05) is 0 Å². The predicted octanol–water partition coefficient (Wildman–Crippen LogP) is 1.98. The van der Waals surface area contributed by atoms with Gasteiger partial charge in [0.2, 0.25) is 0 Å². The Kier molecular flexibility index (Phi) is 1.86. The average molecular weight is 207 g/mol. The molecule has 0 aliphatic rings. The monoisotopic (exact) mass is 207 g/mol. The zero-order valence-electron chi connectivity index (χ0n) is 7.34. The van der Waals surface area contributed by atoms with Crippen LogP contribution < -0.4 is 0 Å². The van der Waals surface area contributed by atoms with E-state index in [-0.39, 0.29) is 11.4 Å². The van der Waals surface area contributed by atoms with Crippen LogP contribution in [-0.4, -0.2) is 14.8 Å². The molecule has 1 aromatic heterocycles. The van der Waals surface area contributed by atoms with Crippen LogP contribution in [0.15, 0.2) is 24.4 Å². The lowest BCUT2D eigenvalue weighted by atomic mass is 10.2. The zero-order valence-corrected chi connectivity index (χ0v) is 7.34. The number of hydrogen-bond donors (Lipinski definition) is 1. The molecule has 0 saturated heterocycles. The molecule has 7 nitrogen and oxygen atoms in total. The van der Waals surface area contributed by atoms with Gasteiger partial charge in [0.25, 0.3) is 11.4 Å². The summed E-state index contributed by atoms with van der Waals surface area (Å²) in [6, 6.07) is 3.78. The number of non-ortho nitro benzene ring substituents is 2. The predicted molar refractivity (Wildman–Crippen MR) is 51.6 cm³/mol. The second-order valence-corrected chi connectivity index (χ2v) is 2.92. The summed E-state index contributed by atoms with van der Waals surface area (Å²) in [4.78, 5) is 22.5. The van der Waals surface area contributed by atoms with E-state index in [0.29, 0.717) is 10.9 Å². The van der Waals surface area contributed by atoms with Gasteiger partial charge in [-0.15, -0.1) is 0 Å². The van der Waals surface area contributed by atoms with Crippen LogP contribution in [0.4, 0.5) is 11.4 Å². The van der Waals surface area contributed by atoms with E-state index < -0.39 is 9.85 Å². The smallest absolute Gasteiger partial charge is 0.300 e. The van der Waals surface area contributed by atoms with Gasteiger partial charge in [-0.1, -0.05) is 0 Å². The van der Waals surface area contributed by atoms with Crippen LogP contribution in [0.1, 0.15) is 0 Å². The SMILES string of the molecule is O=[N+]([O-])c1cc([N+](=O)[O-])c2[nH]ccc2c1. The van der Waals surface area contributed by atoms with E-state index >= 15 is 0 Å². The molecule has 0 saturated carbocycles. The summed E-state index contributed by atoms with van der Waals surface area (Å²) in [7, 11) is 0. The maximum absolute atomic E-state index is 10.7. The van der Waals surface area contributed by atoms with Gasteiger partial charge in [0, 0.05) is 17.6 Å². The second kappa shape index (κ2) is 3.05. The van der Waals surface area contributed by atoms with Crippen LogP contribution in [0, 0.1) is 20.2 Å². The van der Waals surface area contributed by atoms with Gasteiger partial charge in [-0.2, -0.15) is 0 Å². The Hall–Kier alpha value is -2.44. The third kappa shape index (κ3) is 1.39. The molecule has 0 fully saturated rings. The molecule has 15 heavy (non-hydrogen) atoms. The van der Waals surface area contributed by atoms with Crippen molar-refractivity contribution in [3.63, 3.8) is 0 Å². The molecule has 0 aliphatic carbocycles. The molecule has 1 N–H and O–H groups in total. The van der Waals surface area contributed by atoms with Gasteiger partial charge in [-0.25, -0.2) is 0 Å². The van der Waals surface area contributed by atoms with E-state index in [4.69, 9.17) is 0 Å². The molecule has 2 rings (SSSR count). The molecule has 0 bridgehead atoms. The Bertz CT molecular complexity index is 560. The molecule has 2 aromatic rings. The van der Waals surface area contributed by atoms with E-state index in [9.17, 15) is 20.2 Å². The Morgan fingerprint density at radius 3 is 2.47 bits per heavy atom. The Morgan fingerprint density at radius 1 is 1.13 bits per heavy atom. The molecule has 76 valence electrons. The number of nitro groups is 2. The summed E-state index contributed by atoms with van der Waals surface area (Å²) in [6.45, 7) is 0. The van der Waals surface area contributed by atoms with Crippen LogP contribution in [0.3, 0.4) is 0 Å². The summed E-state index contributed by atoms with van der Waals surface area (Å²) in [6.07, 6.45) is 1.50. The molecular formula is C8H5N3O4. The Morgan fingerprint density at radius 2 is 1.87 bits per heavy atom. The second-order valence-electron chi connectivity index (χ2n) is 2.92. The fourth-order valence-electron chi connectivity index (χ4n) is 1.39. The number of benzene rings is 1. The van der Waals surface area contributed by atoms with Crippen LogP contribution >= 0.6 is 0 Å². The number of aromatic amines is 1. The first-order valence-electron chi connectivity index (χ1n) is 3.99. The number of nitrogens with one attached hydrogen (secondary N) is 1. The number of rotatable bonds is 2. The van der Waals surface area contributed by atoms with Crippen molar-refractivity contribution in [1.29, 1.82) is 0 Å². The van der Waals surface area contributed by atoms with Gasteiger partial charge in [0.1, 0.15) is 5.52 Å². The van der Waals surface area contributed by atoms with Crippen molar-refractivity contribution < 1.29 is 9.85 Å². The van der Waals surface area contributed by atoms with Gasteiger partial charge in [-0.3, -0.25) is 20.2 Å². The first kappa shape index (κ1) is 9.13. The number of H-pyrrole nitrogens is 1. The van der Waals surface area contributed by atoms with E-state index in [0.717, 1.165) is 6.07 Å². The molecule has 0 unspecified atom stereocenters. The summed E-state index contributed by atoms with van der Waals surface area (Å²) in [5.74, 6) is 0. The molecule has 7 heteroatoms. The highest BCUT2D eigenvalue weighted by atomic mass is 16.6. The van der Waals surface area contributed by atoms with Gasteiger partial charge in [-0.05, 0) is 6.07 Å². The third-order valence-corrected chi connectivity index (χ3v) is 2.03. The molecule has 0 amide bonds. The minimum atomic E-state index is -0.653. The number of nitrogens with zero attached hydrogens (tertiary/aromatic N) is 2. The number of aromatic nitrogens is 1. The maximum atomic E-state index is 10.7. The fraction of sp³-hybridized carbons (Fsp3) is 0. The highest BCUT2D eigenvalue weighted by molar-refractivity contribution is 5.90. The van der Waals surface area contributed by atoms with Crippen molar-refractivity contribution in [1.82, 2.24) is 4.98 Å². The molecular weight excluding hydrogens is 202 g/mol. The molecule has 0 aliphatic heterocycles. The highest BCUT2D eigenvalue weighted by Gasteiger charge is 2.19. The Balaban J connectivity index is 2.80. The lowest BCUT2D eigenvalue weighted by molar-refractivity contribution is -0.393. The standard InChI is InChI=1S/C8H5N3O4/c12-10(13)6-3-5-1-2-9-8(5)7(4-6)11(14)15/h1-4,9H. The molecule has 1 heterocycles. The largest absolute Gasteiger partial charge is 0.356 e. The van der Waals surface area contributed by atoms with Crippen LogP contribution in [0.2, 0.25) is 0 Å². The van der Waals surface area contributed by atoms with Crippen LogP contribution in [-0.2, 0) is 0 Å². The van der Waals surface area contributed by atoms with Crippen molar-refractivity contribution in [3.8, 4) is 0 Å². The number of hydrogen-bond acceptors (Lipinski definition) is 4. The van der Waals surface area contributed by atoms with E-state index in [2.05, 4.69) is 4.98 Å². The maximum Gasteiger partial charge on any atom is 0.300 e. The fourth-order valence-corrected chi connectivity index (χ4v) is 1.39. The van der Waals surface area contributed by atoms with Gasteiger partial charge in [0.05, 0.1) is 15.9 Å².